The summed E-state index contributed by atoms with van der Waals surface area (Å²) < 4.78 is 6.08. The van der Waals surface area contributed by atoms with E-state index in [-0.39, 0.29) is 5.69 Å². The number of aromatic nitrogens is 1. The van der Waals surface area contributed by atoms with Crippen LogP contribution >= 0.6 is 0 Å². The highest BCUT2D eigenvalue weighted by molar-refractivity contribution is 5.98. The summed E-state index contributed by atoms with van der Waals surface area (Å²) in [5.74, 6) is -0.0846. The number of carboxylic acids is 1. The van der Waals surface area contributed by atoms with Gasteiger partial charge in [0.2, 0.25) is 0 Å². The molecule has 0 unspecified atom stereocenters. The Kier molecular flexibility index (Phi) is 6.62. The number of benzene rings is 4. The minimum absolute atomic E-state index is 0.260. The number of fused-ring (bicyclic) bond motifs is 2. The maximum atomic E-state index is 11.9. The number of nitrogens with one attached hydrogen (secondary N) is 1. The third kappa shape index (κ3) is 5.12. The standard InChI is InChI=1S/C31H27NO3/c33-31(34)30-26(16-8-20-35-29-17-7-14-24-13-4-5-15-25(24)29)27-21-23(18-19-28(27)32-30)12-6-11-22-9-2-1-3-10-22/h1-7,9-10,12-15,17-19,21,32H,8,11,16,20H2,(H,33,34). The summed E-state index contributed by atoms with van der Waals surface area (Å²) in [4.78, 5) is 15.0. The van der Waals surface area contributed by atoms with Crippen molar-refractivity contribution in [2.45, 2.75) is 19.3 Å². The number of H-pyrrole nitrogens is 1. The predicted octanol–water partition coefficient (Wildman–Crippen LogP) is 7.29. The minimum Gasteiger partial charge on any atom is -0.493 e. The zero-order valence-corrected chi connectivity index (χ0v) is 19.4. The fraction of sp³-hybridized carbons (Fsp3) is 0.129. The fourth-order valence-electron chi connectivity index (χ4n) is 4.51. The van der Waals surface area contributed by atoms with Crippen LogP contribution in [0.1, 0.15) is 33.6 Å². The number of ether oxygens (including phenoxy) is 1. The van der Waals surface area contributed by atoms with E-state index >= 15 is 0 Å². The van der Waals surface area contributed by atoms with Crippen LogP contribution in [0, 0.1) is 0 Å². The van der Waals surface area contributed by atoms with Gasteiger partial charge < -0.3 is 14.8 Å². The van der Waals surface area contributed by atoms with Gasteiger partial charge in [0.15, 0.2) is 0 Å². The second-order valence-corrected chi connectivity index (χ2v) is 8.61. The third-order valence-corrected chi connectivity index (χ3v) is 6.23. The van der Waals surface area contributed by atoms with Crippen LogP contribution in [-0.4, -0.2) is 22.7 Å². The molecule has 35 heavy (non-hydrogen) atoms. The first kappa shape index (κ1) is 22.5. The number of aromatic carboxylic acids is 1. The molecule has 0 aliphatic rings. The zero-order chi connectivity index (χ0) is 24.0. The van der Waals surface area contributed by atoms with Crippen LogP contribution in [0.3, 0.4) is 0 Å². The van der Waals surface area contributed by atoms with E-state index < -0.39 is 5.97 Å². The number of rotatable bonds is 9. The molecule has 0 fully saturated rings. The molecule has 0 atom stereocenters. The molecule has 0 aliphatic carbocycles. The zero-order valence-electron chi connectivity index (χ0n) is 19.4. The van der Waals surface area contributed by atoms with Gasteiger partial charge in [-0.15, -0.1) is 0 Å². The molecule has 0 bridgehead atoms. The Balaban J connectivity index is 1.31. The Morgan fingerprint density at radius 2 is 1.69 bits per heavy atom. The van der Waals surface area contributed by atoms with Gasteiger partial charge in [-0.3, -0.25) is 0 Å². The van der Waals surface area contributed by atoms with Crippen molar-refractivity contribution in [3.8, 4) is 5.75 Å². The number of aryl methyl sites for hydroxylation is 1. The Hall–Kier alpha value is -4.31. The summed E-state index contributed by atoms with van der Waals surface area (Å²) in [6, 6.07) is 30.5. The molecule has 2 N–H and O–H groups in total. The molecule has 0 saturated heterocycles. The lowest BCUT2D eigenvalue weighted by molar-refractivity contribution is 0.0690. The molecule has 4 nitrogen and oxygen atoms in total. The first-order valence-corrected chi connectivity index (χ1v) is 11.9. The molecule has 174 valence electrons. The van der Waals surface area contributed by atoms with E-state index in [1.807, 2.05) is 54.6 Å². The van der Waals surface area contributed by atoms with Crippen LogP contribution in [0.2, 0.25) is 0 Å². The highest BCUT2D eigenvalue weighted by Gasteiger charge is 2.17. The number of hydrogen-bond acceptors (Lipinski definition) is 2. The Morgan fingerprint density at radius 3 is 2.54 bits per heavy atom. The Labute approximate surface area is 204 Å². The second-order valence-electron chi connectivity index (χ2n) is 8.61. The molecule has 5 aromatic rings. The minimum atomic E-state index is -0.938. The van der Waals surface area contributed by atoms with Gasteiger partial charge in [0.25, 0.3) is 0 Å². The molecule has 0 amide bonds. The van der Waals surface area contributed by atoms with E-state index in [4.69, 9.17) is 4.74 Å². The lowest BCUT2D eigenvalue weighted by Crippen LogP contribution is -2.04. The topological polar surface area (TPSA) is 62.3 Å². The van der Waals surface area contributed by atoms with E-state index in [9.17, 15) is 9.90 Å². The second kappa shape index (κ2) is 10.3. The molecule has 4 aromatic carbocycles. The molecule has 0 spiro atoms. The molecule has 5 rings (SSSR count). The maximum absolute atomic E-state index is 11.9. The SMILES string of the molecule is O=C(O)c1[nH]c2ccc(C=CCc3ccccc3)cc2c1CCCOc1cccc2ccccc12. The van der Waals surface area contributed by atoms with Gasteiger partial charge in [-0.1, -0.05) is 84.9 Å². The quantitative estimate of drug-likeness (QED) is 0.227. The van der Waals surface area contributed by atoms with Crippen LogP contribution in [0.5, 0.6) is 5.75 Å². The number of carbonyl (C=O) groups is 1. The molecular weight excluding hydrogens is 434 g/mol. The molecule has 1 heterocycles. The average molecular weight is 462 g/mol. The van der Waals surface area contributed by atoms with E-state index in [0.29, 0.717) is 19.4 Å². The van der Waals surface area contributed by atoms with E-state index in [2.05, 4.69) is 53.5 Å². The van der Waals surface area contributed by atoms with Crippen LogP contribution in [0.15, 0.2) is 97.1 Å². The predicted molar refractivity (Wildman–Crippen MR) is 142 cm³/mol. The number of allylic oxidation sites excluding steroid dienone is 1. The van der Waals surface area contributed by atoms with Crippen molar-refractivity contribution in [2.24, 2.45) is 0 Å². The number of aromatic amines is 1. The van der Waals surface area contributed by atoms with Crippen LogP contribution in [-0.2, 0) is 12.8 Å². The van der Waals surface area contributed by atoms with Crippen molar-refractivity contribution in [1.29, 1.82) is 0 Å². The maximum Gasteiger partial charge on any atom is 0.352 e. The first-order chi connectivity index (χ1) is 17.2. The molecule has 0 saturated carbocycles. The highest BCUT2D eigenvalue weighted by atomic mass is 16.5. The van der Waals surface area contributed by atoms with Crippen molar-refractivity contribution in [1.82, 2.24) is 4.98 Å². The Morgan fingerprint density at radius 1 is 0.886 bits per heavy atom. The molecule has 1 aromatic heterocycles. The normalized spacial score (nSPS) is 11.4. The number of carboxylic acid groups (broad SMARTS) is 1. The average Bonchev–Trinajstić information content (AvgIpc) is 3.25. The smallest absolute Gasteiger partial charge is 0.352 e. The first-order valence-electron chi connectivity index (χ1n) is 11.9. The van der Waals surface area contributed by atoms with Crippen LogP contribution in [0.4, 0.5) is 0 Å². The fourth-order valence-corrected chi connectivity index (χ4v) is 4.51. The van der Waals surface area contributed by atoms with Gasteiger partial charge in [0.05, 0.1) is 6.61 Å². The van der Waals surface area contributed by atoms with Crippen LogP contribution < -0.4 is 4.74 Å². The molecular formula is C31H27NO3. The summed E-state index contributed by atoms with van der Waals surface area (Å²) in [7, 11) is 0. The van der Waals surface area contributed by atoms with Gasteiger partial charge in [-0.2, -0.15) is 0 Å². The summed E-state index contributed by atoms with van der Waals surface area (Å²) in [6.07, 6.45) is 6.41. The van der Waals surface area contributed by atoms with Gasteiger partial charge >= 0.3 is 5.97 Å². The number of hydrogen-bond donors (Lipinski definition) is 2. The van der Waals surface area contributed by atoms with Gasteiger partial charge in [0, 0.05) is 16.3 Å². The summed E-state index contributed by atoms with van der Waals surface area (Å²) in [5.41, 5.74) is 4.24. The monoisotopic (exact) mass is 461 g/mol. The van der Waals surface area contributed by atoms with Crippen LogP contribution in [0.25, 0.3) is 27.8 Å². The summed E-state index contributed by atoms with van der Waals surface area (Å²) in [5, 5.41) is 13.0. The van der Waals surface area contributed by atoms with Crippen molar-refractivity contribution >= 4 is 33.7 Å². The van der Waals surface area contributed by atoms with Gasteiger partial charge in [-0.05, 0) is 59.5 Å². The lowest BCUT2D eigenvalue weighted by atomic mass is 10.0. The lowest BCUT2D eigenvalue weighted by Gasteiger charge is -2.09. The summed E-state index contributed by atoms with van der Waals surface area (Å²) in [6.45, 7) is 0.510. The van der Waals surface area contributed by atoms with Crippen molar-refractivity contribution in [2.75, 3.05) is 6.61 Å². The van der Waals surface area contributed by atoms with E-state index in [0.717, 1.165) is 45.0 Å². The molecule has 0 aliphatic heterocycles. The van der Waals surface area contributed by atoms with E-state index in [1.165, 1.54) is 5.56 Å². The van der Waals surface area contributed by atoms with Gasteiger partial charge in [-0.25, -0.2) is 4.79 Å². The largest absolute Gasteiger partial charge is 0.493 e. The van der Waals surface area contributed by atoms with Crippen molar-refractivity contribution in [3.05, 3.63) is 119 Å². The Bertz CT molecular complexity index is 1490. The highest BCUT2D eigenvalue weighted by Crippen LogP contribution is 2.28. The van der Waals surface area contributed by atoms with Gasteiger partial charge in [0.1, 0.15) is 11.4 Å². The summed E-state index contributed by atoms with van der Waals surface area (Å²) >= 11 is 0. The van der Waals surface area contributed by atoms with Crippen molar-refractivity contribution in [3.63, 3.8) is 0 Å². The van der Waals surface area contributed by atoms with Crippen molar-refractivity contribution < 1.29 is 14.6 Å². The molecule has 4 heteroatoms. The van der Waals surface area contributed by atoms with E-state index in [1.54, 1.807) is 0 Å². The molecule has 0 radical (unpaired) electrons. The third-order valence-electron chi connectivity index (χ3n) is 6.23.